The molecule has 2 aliphatic rings. The van der Waals surface area contributed by atoms with E-state index >= 15 is 0 Å². The molecule has 1 saturated heterocycles. The first kappa shape index (κ1) is 15.1. The Morgan fingerprint density at radius 3 is 2.92 bits per heavy atom. The van der Waals surface area contributed by atoms with Crippen LogP contribution in [-0.2, 0) is 27.1 Å². The van der Waals surface area contributed by atoms with Crippen molar-refractivity contribution in [2.45, 2.75) is 38.7 Å². The fourth-order valence-electron chi connectivity index (χ4n) is 3.57. The molecule has 2 heterocycles. The Labute approximate surface area is 140 Å². The molecule has 124 valence electrons. The minimum Gasteiger partial charge on any atom is -0.463 e. The Morgan fingerprint density at radius 1 is 1.29 bits per heavy atom. The number of carbonyl (C=O) groups is 2. The van der Waals surface area contributed by atoms with E-state index in [1.807, 2.05) is 24.3 Å². The fraction of sp³-hybridized carbons (Fsp3) is 0.421. The van der Waals surface area contributed by atoms with Gasteiger partial charge in [-0.1, -0.05) is 25.1 Å². The summed E-state index contributed by atoms with van der Waals surface area (Å²) in [5, 5.41) is 0.793. The number of esters is 2. The van der Waals surface area contributed by atoms with Gasteiger partial charge in [0.05, 0.1) is 17.7 Å². The Balaban J connectivity index is 1.81. The molecule has 0 amide bonds. The van der Waals surface area contributed by atoms with Crippen LogP contribution in [0.3, 0.4) is 0 Å². The average molecular weight is 325 g/mol. The van der Waals surface area contributed by atoms with Gasteiger partial charge in [0, 0.05) is 17.5 Å². The molecular formula is C19H19NO4. The first-order valence-corrected chi connectivity index (χ1v) is 8.41. The zero-order valence-electron chi connectivity index (χ0n) is 13.6. The largest absolute Gasteiger partial charge is 0.463 e. The number of rotatable bonds is 2. The van der Waals surface area contributed by atoms with Crippen LogP contribution in [0.4, 0.5) is 0 Å². The van der Waals surface area contributed by atoms with Crippen molar-refractivity contribution < 1.29 is 19.1 Å². The lowest BCUT2D eigenvalue weighted by molar-refractivity contribution is -0.145. The summed E-state index contributed by atoms with van der Waals surface area (Å²) in [7, 11) is 0. The molecule has 0 saturated carbocycles. The second-order valence-corrected chi connectivity index (χ2v) is 6.63. The zero-order chi connectivity index (χ0) is 16.7. The normalized spacial score (nSPS) is 23.0. The summed E-state index contributed by atoms with van der Waals surface area (Å²) in [4.78, 5) is 29.3. The van der Waals surface area contributed by atoms with E-state index < -0.39 is 18.0 Å². The molecule has 0 radical (unpaired) electrons. The van der Waals surface area contributed by atoms with Crippen molar-refractivity contribution in [3.8, 4) is 0 Å². The highest BCUT2D eigenvalue weighted by Gasteiger charge is 2.33. The number of aryl methyl sites for hydroxylation is 1. The maximum absolute atomic E-state index is 12.9. The number of hydrogen-bond acceptors (Lipinski definition) is 5. The molecule has 1 aliphatic heterocycles. The number of fused-ring (bicyclic) bond motifs is 2. The summed E-state index contributed by atoms with van der Waals surface area (Å²) in [6.07, 6.45) is 2.38. The number of aromatic nitrogens is 1. The van der Waals surface area contributed by atoms with Gasteiger partial charge in [-0.15, -0.1) is 0 Å². The molecular weight excluding hydrogens is 306 g/mol. The van der Waals surface area contributed by atoms with Crippen molar-refractivity contribution in [1.82, 2.24) is 4.98 Å². The Kier molecular flexibility index (Phi) is 3.71. The molecule has 1 aromatic heterocycles. The third kappa shape index (κ3) is 2.54. The van der Waals surface area contributed by atoms with Gasteiger partial charge in [-0.3, -0.25) is 4.98 Å². The van der Waals surface area contributed by atoms with Gasteiger partial charge >= 0.3 is 11.9 Å². The lowest BCUT2D eigenvalue weighted by Crippen LogP contribution is -2.25. The van der Waals surface area contributed by atoms with Crippen LogP contribution in [0.25, 0.3) is 10.9 Å². The van der Waals surface area contributed by atoms with Gasteiger partial charge in [0.1, 0.15) is 0 Å². The van der Waals surface area contributed by atoms with Crippen molar-refractivity contribution in [3.05, 3.63) is 41.1 Å². The van der Waals surface area contributed by atoms with E-state index in [0.717, 1.165) is 41.4 Å². The molecule has 2 atom stereocenters. The van der Waals surface area contributed by atoms with Crippen molar-refractivity contribution in [1.29, 1.82) is 0 Å². The maximum atomic E-state index is 12.9. The van der Waals surface area contributed by atoms with Crippen LogP contribution < -0.4 is 0 Å². The smallest absolute Gasteiger partial charge is 0.347 e. The second-order valence-electron chi connectivity index (χ2n) is 6.63. The quantitative estimate of drug-likeness (QED) is 0.794. The van der Waals surface area contributed by atoms with Gasteiger partial charge < -0.3 is 9.47 Å². The van der Waals surface area contributed by atoms with Crippen molar-refractivity contribution >= 4 is 22.8 Å². The minimum atomic E-state index is -0.791. The summed E-state index contributed by atoms with van der Waals surface area (Å²) in [6, 6.07) is 7.61. The zero-order valence-corrected chi connectivity index (χ0v) is 13.6. The Bertz CT molecular complexity index is 829. The van der Waals surface area contributed by atoms with Gasteiger partial charge in [0.25, 0.3) is 0 Å². The predicted octanol–water partition coefficient (Wildman–Crippen LogP) is 2.83. The number of hydrogen-bond donors (Lipinski definition) is 0. The van der Waals surface area contributed by atoms with E-state index in [1.54, 1.807) is 0 Å². The molecule has 1 fully saturated rings. The lowest BCUT2D eigenvalue weighted by Gasteiger charge is -2.24. The highest BCUT2D eigenvalue weighted by Crippen LogP contribution is 2.32. The molecule has 1 aromatic carbocycles. The number of para-hydroxylation sites is 1. The van der Waals surface area contributed by atoms with Crippen LogP contribution in [0.1, 0.15) is 41.4 Å². The molecule has 2 aromatic rings. The van der Waals surface area contributed by atoms with Crippen molar-refractivity contribution in [2.75, 3.05) is 6.61 Å². The summed E-state index contributed by atoms with van der Waals surface area (Å²) < 4.78 is 10.4. The van der Waals surface area contributed by atoms with E-state index in [9.17, 15) is 9.59 Å². The van der Waals surface area contributed by atoms with E-state index in [1.165, 1.54) is 0 Å². The topological polar surface area (TPSA) is 65.5 Å². The van der Waals surface area contributed by atoms with E-state index in [2.05, 4.69) is 6.92 Å². The lowest BCUT2D eigenvalue weighted by atomic mass is 9.84. The number of ether oxygens (including phenoxy) is 2. The summed E-state index contributed by atoms with van der Waals surface area (Å²) in [5.41, 5.74) is 3.32. The third-order valence-corrected chi connectivity index (χ3v) is 4.85. The van der Waals surface area contributed by atoms with Gasteiger partial charge in [-0.2, -0.15) is 0 Å². The first-order chi connectivity index (χ1) is 11.6. The van der Waals surface area contributed by atoms with Gasteiger partial charge in [0.15, 0.2) is 0 Å². The SMILES string of the molecule is CC1CCc2nc3ccccc3c(C(=O)OC3CCOC3=O)c2C1. The van der Waals surface area contributed by atoms with Gasteiger partial charge in [-0.25, -0.2) is 9.59 Å². The molecule has 0 bridgehead atoms. The third-order valence-electron chi connectivity index (χ3n) is 4.85. The Hall–Kier alpha value is -2.43. The molecule has 5 heteroatoms. The molecule has 0 N–H and O–H groups in total. The second kappa shape index (κ2) is 5.89. The van der Waals surface area contributed by atoms with Crippen LogP contribution in [-0.4, -0.2) is 29.6 Å². The molecule has 4 rings (SSSR count). The highest BCUT2D eigenvalue weighted by atomic mass is 16.6. The molecule has 5 nitrogen and oxygen atoms in total. The first-order valence-electron chi connectivity index (χ1n) is 8.41. The van der Waals surface area contributed by atoms with Crippen LogP contribution in [0.5, 0.6) is 0 Å². The summed E-state index contributed by atoms with van der Waals surface area (Å²) in [5.74, 6) is -0.393. The molecule has 0 spiro atoms. The van der Waals surface area contributed by atoms with E-state index in [0.29, 0.717) is 24.5 Å². The summed E-state index contributed by atoms with van der Waals surface area (Å²) >= 11 is 0. The predicted molar refractivity (Wildman–Crippen MR) is 87.7 cm³/mol. The molecule has 1 aliphatic carbocycles. The number of carbonyl (C=O) groups excluding carboxylic acids is 2. The number of pyridine rings is 1. The summed E-state index contributed by atoms with van der Waals surface area (Å²) in [6.45, 7) is 2.49. The van der Waals surface area contributed by atoms with E-state index in [-0.39, 0.29) is 0 Å². The van der Waals surface area contributed by atoms with Gasteiger partial charge in [0.2, 0.25) is 6.10 Å². The number of cyclic esters (lactones) is 1. The van der Waals surface area contributed by atoms with E-state index in [4.69, 9.17) is 14.5 Å². The van der Waals surface area contributed by atoms with Crippen molar-refractivity contribution in [3.63, 3.8) is 0 Å². The number of benzene rings is 1. The highest BCUT2D eigenvalue weighted by molar-refractivity contribution is 6.05. The average Bonchev–Trinajstić information content (AvgIpc) is 2.97. The fourth-order valence-corrected chi connectivity index (χ4v) is 3.57. The standard InChI is InChI=1S/C19H19NO4/c1-11-6-7-15-13(10-11)17(12-4-2-3-5-14(12)20-15)19(22)24-16-8-9-23-18(16)21/h2-5,11,16H,6-10H2,1H3. The maximum Gasteiger partial charge on any atom is 0.347 e. The monoisotopic (exact) mass is 325 g/mol. The van der Waals surface area contributed by atoms with Crippen LogP contribution in [0.2, 0.25) is 0 Å². The van der Waals surface area contributed by atoms with Gasteiger partial charge in [-0.05, 0) is 36.8 Å². The molecule has 2 unspecified atom stereocenters. The van der Waals surface area contributed by atoms with Crippen LogP contribution in [0.15, 0.2) is 24.3 Å². The Morgan fingerprint density at radius 2 is 2.12 bits per heavy atom. The van der Waals surface area contributed by atoms with Crippen LogP contribution in [0, 0.1) is 5.92 Å². The molecule has 24 heavy (non-hydrogen) atoms. The van der Waals surface area contributed by atoms with Crippen LogP contribution >= 0.6 is 0 Å². The number of nitrogens with zero attached hydrogens (tertiary/aromatic N) is 1. The van der Waals surface area contributed by atoms with Crippen molar-refractivity contribution in [2.24, 2.45) is 5.92 Å². The minimum absolute atomic E-state index is 0.309.